The second-order valence-electron chi connectivity index (χ2n) is 8.95. The fourth-order valence-electron chi connectivity index (χ4n) is 3.76. The molecule has 0 saturated heterocycles. The van der Waals surface area contributed by atoms with Crippen molar-refractivity contribution in [1.82, 2.24) is 10.6 Å². The van der Waals surface area contributed by atoms with Crippen LogP contribution in [0.1, 0.15) is 48.0 Å². The van der Waals surface area contributed by atoms with Gasteiger partial charge in [-0.15, -0.1) is 0 Å². The number of amides is 4. The Kier molecular flexibility index (Phi) is 8.24. The number of nitrogens with one attached hydrogen (secondary N) is 3. The molecule has 1 aliphatic rings. The Balaban J connectivity index is 2.32. The van der Waals surface area contributed by atoms with E-state index in [0.29, 0.717) is 17.8 Å². The van der Waals surface area contributed by atoms with Crippen molar-refractivity contribution in [3.63, 3.8) is 0 Å². The van der Waals surface area contributed by atoms with Crippen LogP contribution in [-0.4, -0.2) is 47.0 Å². The van der Waals surface area contributed by atoms with Gasteiger partial charge >= 0.3 is 12.0 Å². The highest BCUT2D eigenvalue weighted by molar-refractivity contribution is 6.12. The maximum absolute atomic E-state index is 13.4. The highest BCUT2D eigenvalue weighted by Gasteiger charge is 2.40. The average molecular weight is 447 g/mol. The van der Waals surface area contributed by atoms with E-state index < -0.39 is 36.0 Å². The fourth-order valence-corrected chi connectivity index (χ4v) is 3.76. The normalized spacial score (nSPS) is 18.4. The maximum Gasteiger partial charge on any atom is 0.326 e. The lowest BCUT2D eigenvalue weighted by molar-refractivity contribution is -0.143. The van der Waals surface area contributed by atoms with Gasteiger partial charge in [0.2, 0.25) is 11.8 Å². The molecular formula is C23H34N4O5. The summed E-state index contributed by atoms with van der Waals surface area (Å²) in [5.41, 5.74) is 1.05. The molecule has 32 heavy (non-hydrogen) atoms. The molecule has 0 spiro atoms. The lowest BCUT2D eigenvalue weighted by Gasteiger charge is -2.39. The Morgan fingerprint density at radius 2 is 1.69 bits per heavy atom. The number of carboxylic acids is 1. The van der Waals surface area contributed by atoms with Gasteiger partial charge in [-0.25, -0.2) is 9.59 Å². The largest absolute Gasteiger partial charge is 0.480 e. The minimum Gasteiger partial charge on any atom is -0.480 e. The Hall–Kier alpha value is -3.10. The predicted molar refractivity (Wildman–Crippen MR) is 122 cm³/mol. The van der Waals surface area contributed by atoms with Crippen molar-refractivity contribution < 1.29 is 24.3 Å². The Labute approximate surface area is 188 Å². The second-order valence-corrected chi connectivity index (χ2v) is 8.95. The summed E-state index contributed by atoms with van der Waals surface area (Å²) >= 11 is 0. The number of nitrogens with zero attached hydrogens (tertiary/aromatic N) is 1. The van der Waals surface area contributed by atoms with E-state index in [-0.39, 0.29) is 23.7 Å². The summed E-state index contributed by atoms with van der Waals surface area (Å²) in [4.78, 5) is 52.1. The predicted octanol–water partition coefficient (Wildman–Crippen LogP) is 2.82. The van der Waals surface area contributed by atoms with Crippen LogP contribution in [0.2, 0.25) is 0 Å². The molecule has 2 rings (SSSR count). The van der Waals surface area contributed by atoms with Crippen LogP contribution in [0.4, 0.5) is 16.2 Å². The van der Waals surface area contributed by atoms with E-state index in [1.165, 1.54) is 4.90 Å². The Morgan fingerprint density at radius 1 is 1.06 bits per heavy atom. The van der Waals surface area contributed by atoms with Gasteiger partial charge in [0.25, 0.3) is 0 Å². The molecule has 4 unspecified atom stereocenters. The van der Waals surface area contributed by atoms with E-state index in [1.54, 1.807) is 45.0 Å². The number of aliphatic carboxylic acids is 1. The van der Waals surface area contributed by atoms with Gasteiger partial charge < -0.3 is 21.1 Å². The second kappa shape index (κ2) is 10.5. The molecule has 0 saturated carbocycles. The lowest BCUT2D eigenvalue weighted by Crippen LogP contribution is -2.61. The molecule has 0 aromatic heterocycles. The first-order chi connectivity index (χ1) is 15.0. The van der Waals surface area contributed by atoms with Crippen molar-refractivity contribution in [2.75, 3.05) is 10.2 Å². The zero-order valence-electron chi connectivity index (χ0n) is 19.5. The topological polar surface area (TPSA) is 128 Å². The van der Waals surface area contributed by atoms with Gasteiger partial charge in [-0.2, -0.15) is 0 Å². The van der Waals surface area contributed by atoms with E-state index in [0.717, 1.165) is 0 Å². The number of fused-ring (bicyclic) bond motifs is 1. The quantitative estimate of drug-likeness (QED) is 0.488. The van der Waals surface area contributed by atoms with Gasteiger partial charge in [-0.1, -0.05) is 60.1 Å². The SMILES string of the molecule is CCC(C)C(NC(=O)C(NC(=O)N1c2ccccc2NC(=O)C1C(C)C)C(C)C)C(=O)O. The Morgan fingerprint density at radius 3 is 2.22 bits per heavy atom. The minimum absolute atomic E-state index is 0.178. The monoisotopic (exact) mass is 446 g/mol. The van der Waals surface area contributed by atoms with Gasteiger partial charge in [-0.3, -0.25) is 14.5 Å². The molecule has 9 nitrogen and oxygen atoms in total. The molecule has 1 aliphatic heterocycles. The van der Waals surface area contributed by atoms with Crippen LogP contribution in [-0.2, 0) is 14.4 Å². The van der Waals surface area contributed by atoms with Crippen molar-refractivity contribution in [2.45, 2.75) is 66.1 Å². The highest BCUT2D eigenvalue weighted by atomic mass is 16.4. The van der Waals surface area contributed by atoms with E-state index in [1.807, 2.05) is 20.8 Å². The number of hydrogen-bond acceptors (Lipinski definition) is 4. The van der Waals surface area contributed by atoms with Gasteiger partial charge in [0.15, 0.2) is 0 Å². The Bertz CT molecular complexity index is 870. The van der Waals surface area contributed by atoms with Crippen molar-refractivity contribution in [2.24, 2.45) is 17.8 Å². The third-order valence-corrected chi connectivity index (χ3v) is 5.82. The number of hydrogen-bond donors (Lipinski definition) is 4. The first kappa shape index (κ1) is 25.2. The van der Waals surface area contributed by atoms with Gasteiger partial charge in [0, 0.05) is 0 Å². The first-order valence-corrected chi connectivity index (χ1v) is 11.0. The minimum atomic E-state index is -1.12. The standard InChI is InChI=1S/C23H34N4O5/c1-7-14(6)18(22(30)31)25-20(28)17(12(2)3)26-23(32)27-16-11-9-8-10-15(16)24-21(29)19(27)13(4)5/h8-14,17-19H,7H2,1-6H3,(H,24,29)(H,25,28)(H,26,32)(H,30,31). The average Bonchev–Trinajstić information content (AvgIpc) is 2.73. The van der Waals surface area contributed by atoms with Crippen molar-refractivity contribution >= 4 is 35.2 Å². The number of urea groups is 1. The zero-order valence-corrected chi connectivity index (χ0v) is 19.5. The summed E-state index contributed by atoms with van der Waals surface area (Å²) in [6.07, 6.45) is 0.575. The van der Waals surface area contributed by atoms with Crippen LogP contribution in [0.25, 0.3) is 0 Å². The molecular weight excluding hydrogens is 412 g/mol. The molecule has 0 aliphatic carbocycles. The fraction of sp³-hybridized carbons (Fsp3) is 0.565. The van der Waals surface area contributed by atoms with Crippen LogP contribution < -0.4 is 20.9 Å². The van der Waals surface area contributed by atoms with Crippen LogP contribution in [0.5, 0.6) is 0 Å². The smallest absolute Gasteiger partial charge is 0.326 e. The van der Waals surface area contributed by atoms with Gasteiger partial charge in [0.1, 0.15) is 18.1 Å². The summed E-state index contributed by atoms with van der Waals surface area (Å²) in [5.74, 6) is -2.76. The van der Waals surface area contributed by atoms with E-state index in [2.05, 4.69) is 16.0 Å². The third kappa shape index (κ3) is 5.38. The number of rotatable bonds is 8. The molecule has 0 fully saturated rings. The van der Waals surface area contributed by atoms with E-state index in [4.69, 9.17) is 0 Å². The summed E-state index contributed by atoms with van der Waals surface area (Å²) in [6.45, 7) is 10.8. The summed E-state index contributed by atoms with van der Waals surface area (Å²) in [6, 6.07) is 3.59. The van der Waals surface area contributed by atoms with Crippen LogP contribution in [0.15, 0.2) is 24.3 Å². The summed E-state index contributed by atoms with van der Waals surface area (Å²) in [7, 11) is 0. The van der Waals surface area contributed by atoms with Gasteiger partial charge in [0.05, 0.1) is 11.4 Å². The molecule has 4 amide bonds. The van der Waals surface area contributed by atoms with E-state index >= 15 is 0 Å². The number of para-hydroxylation sites is 2. The molecule has 4 N–H and O–H groups in total. The summed E-state index contributed by atoms with van der Waals surface area (Å²) in [5, 5.41) is 17.6. The van der Waals surface area contributed by atoms with Crippen molar-refractivity contribution in [1.29, 1.82) is 0 Å². The number of carboxylic acid groups (broad SMARTS) is 1. The van der Waals surface area contributed by atoms with Crippen LogP contribution in [0.3, 0.4) is 0 Å². The number of benzene rings is 1. The summed E-state index contributed by atoms with van der Waals surface area (Å²) < 4.78 is 0. The van der Waals surface area contributed by atoms with E-state index in [9.17, 15) is 24.3 Å². The van der Waals surface area contributed by atoms with Crippen LogP contribution >= 0.6 is 0 Å². The molecule has 4 atom stereocenters. The van der Waals surface area contributed by atoms with Crippen molar-refractivity contribution in [3.8, 4) is 0 Å². The third-order valence-electron chi connectivity index (χ3n) is 5.82. The number of carbonyl (C=O) groups is 4. The molecule has 176 valence electrons. The van der Waals surface area contributed by atoms with Crippen molar-refractivity contribution in [3.05, 3.63) is 24.3 Å². The molecule has 1 aromatic carbocycles. The molecule has 9 heteroatoms. The zero-order chi connectivity index (χ0) is 24.2. The van der Waals surface area contributed by atoms with Crippen LogP contribution in [0, 0.1) is 17.8 Å². The number of anilines is 2. The molecule has 1 aromatic rings. The first-order valence-electron chi connectivity index (χ1n) is 11.0. The number of carbonyl (C=O) groups excluding carboxylic acids is 3. The molecule has 1 heterocycles. The lowest BCUT2D eigenvalue weighted by atomic mass is 9.96. The molecule has 0 radical (unpaired) electrons. The maximum atomic E-state index is 13.4. The molecule has 0 bridgehead atoms. The highest BCUT2D eigenvalue weighted by Crippen LogP contribution is 2.34. The van der Waals surface area contributed by atoms with Gasteiger partial charge in [-0.05, 0) is 29.9 Å².